The SMILES string of the molecule is COC(=O)c1ccc(OC(C)C)c(Br)c1. The van der Waals surface area contributed by atoms with Gasteiger partial charge < -0.3 is 9.47 Å². The molecule has 0 fully saturated rings. The van der Waals surface area contributed by atoms with Crippen LogP contribution in [0.1, 0.15) is 24.2 Å². The molecule has 15 heavy (non-hydrogen) atoms. The van der Waals surface area contributed by atoms with Gasteiger partial charge in [0.2, 0.25) is 0 Å². The average molecular weight is 273 g/mol. The molecular weight excluding hydrogens is 260 g/mol. The average Bonchev–Trinajstić information content (AvgIpc) is 2.19. The maximum Gasteiger partial charge on any atom is 0.337 e. The van der Waals surface area contributed by atoms with Gasteiger partial charge in [-0.05, 0) is 48.0 Å². The Morgan fingerprint density at radius 3 is 2.53 bits per heavy atom. The summed E-state index contributed by atoms with van der Waals surface area (Å²) in [5.74, 6) is 0.365. The minimum Gasteiger partial charge on any atom is -0.490 e. The molecule has 0 unspecified atom stereocenters. The van der Waals surface area contributed by atoms with Crippen LogP contribution in [0.2, 0.25) is 0 Å². The van der Waals surface area contributed by atoms with Gasteiger partial charge in [0, 0.05) is 0 Å². The van der Waals surface area contributed by atoms with Gasteiger partial charge in [-0.3, -0.25) is 0 Å². The Kier molecular flexibility index (Phi) is 4.15. The number of hydrogen-bond donors (Lipinski definition) is 0. The predicted molar refractivity (Wildman–Crippen MR) is 61.2 cm³/mol. The van der Waals surface area contributed by atoms with Crippen molar-refractivity contribution in [3.63, 3.8) is 0 Å². The van der Waals surface area contributed by atoms with E-state index in [4.69, 9.17) is 4.74 Å². The van der Waals surface area contributed by atoms with Crippen molar-refractivity contribution >= 4 is 21.9 Å². The lowest BCUT2D eigenvalue weighted by Gasteiger charge is -2.11. The third-order valence-corrected chi connectivity index (χ3v) is 2.34. The van der Waals surface area contributed by atoms with Crippen molar-refractivity contribution in [3.05, 3.63) is 28.2 Å². The summed E-state index contributed by atoms with van der Waals surface area (Å²) in [5, 5.41) is 0. The number of rotatable bonds is 3. The molecule has 0 bridgehead atoms. The van der Waals surface area contributed by atoms with E-state index in [2.05, 4.69) is 20.7 Å². The third kappa shape index (κ3) is 3.23. The lowest BCUT2D eigenvalue weighted by Crippen LogP contribution is -2.07. The standard InChI is InChI=1S/C11H13BrO3/c1-7(2)15-10-5-4-8(6-9(10)12)11(13)14-3/h4-7H,1-3H3. The van der Waals surface area contributed by atoms with Gasteiger partial charge in [-0.2, -0.15) is 0 Å². The van der Waals surface area contributed by atoms with Crippen molar-refractivity contribution in [2.75, 3.05) is 7.11 Å². The van der Waals surface area contributed by atoms with Gasteiger partial charge in [0.25, 0.3) is 0 Å². The molecule has 0 atom stereocenters. The van der Waals surface area contributed by atoms with Crippen LogP contribution in [0, 0.1) is 0 Å². The predicted octanol–water partition coefficient (Wildman–Crippen LogP) is 3.02. The maximum atomic E-state index is 11.2. The minimum absolute atomic E-state index is 0.102. The quantitative estimate of drug-likeness (QED) is 0.794. The Bertz CT molecular complexity index is 361. The van der Waals surface area contributed by atoms with E-state index in [1.165, 1.54) is 7.11 Å². The molecule has 0 radical (unpaired) electrons. The maximum absolute atomic E-state index is 11.2. The first-order valence-electron chi connectivity index (χ1n) is 4.59. The molecule has 3 nitrogen and oxygen atoms in total. The number of methoxy groups -OCH3 is 1. The fraction of sp³-hybridized carbons (Fsp3) is 0.364. The van der Waals surface area contributed by atoms with Crippen molar-refractivity contribution in [1.29, 1.82) is 0 Å². The Balaban J connectivity index is 2.93. The molecule has 0 spiro atoms. The van der Waals surface area contributed by atoms with Crippen LogP contribution in [-0.4, -0.2) is 19.2 Å². The first kappa shape index (κ1) is 12.0. The largest absolute Gasteiger partial charge is 0.490 e. The zero-order valence-corrected chi connectivity index (χ0v) is 10.5. The number of halogens is 1. The molecule has 1 aromatic rings. The molecule has 1 rings (SSSR count). The molecule has 0 aliphatic rings. The number of carbonyl (C=O) groups is 1. The van der Waals surface area contributed by atoms with Crippen molar-refractivity contribution in [3.8, 4) is 5.75 Å². The second-order valence-electron chi connectivity index (χ2n) is 3.30. The summed E-state index contributed by atoms with van der Waals surface area (Å²) in [6.45, 7) is 3.89. The van der Waals surface area contributed by atoms with Gasteiger partial charge in [-0.25, -0.2) is 4.79 Å². The van der Waals surface area contributed by atoms with Crippen LogP contribution in [-0.2, 0) is 4.74 Å². The second kappa shape index (κ2) is 5.16. The smallest absolute Gasteiger partial charge is 0.337 e. The van der Waals surface area contributed by atoms with Gasteiger partial charge in [-0.15, -0.1) is 0 Å². The van der Waals surface area contributed by atoms with Gasteiger partial charge in [0.1, 0.15) is 5.75 Å². The number of esters is 1. The fourth-order valence-electron chi connectivity index (χ4n) is 1.10. The number of carbonyl (C=O) groups excluding carboxylic acids is 1. The number of ether oxygens (including phenoxy) is 2. The number of hydrogen-bond acceptors (Lipinski definition) is 3. The molecule has 0 amide bonds. The summed E-state index contributed by atoms with van der Waals surface area (Å²) in [7, 11) is 1.36. The summed E-state index contributed by atoms with van der Waals surface area (Å²) in [5.41, 5.74) is 0.500. The molecule has 0 saturated carbocycles. The van der Waals surface area contributed by atoms with Gasteiger partial charge in [-0.1, -0.05) is 0 Å². The molecule has 0 aliphatic carbocycles. The van der Waals surface area contributed by atoms with Crippen molar-refractivity contribution in [2.24, 2.45) is 0 Å². The highest BCUT2D eigenvalue weighted by Gasteiger charge is 2.09. The van der Waals surface area contributed by atoms with E-state index in [1.807, 2.05) is 13.8 Å². The summed E-state index contributed by atoms with van der Waals surface area (Å²) < 4.78 is 10.9. The normalized spacial score (nSPS) is 10.2. The topological polar surface area (TPSA) is 35.5 Å². The van der Waals surface area contributed by atoms with Crippen LogP contribution >= 0.6 is 15.9 Å². The lowest BCUT2D eigenvalue weighted by molar-refractivity contribution is 0.0600. The Morgan fingerprint density at radius 2 is 2.07 bits per heavy atom. The zero-order valence-electron chi connectivity index (χ0n) is 8.91. The lowest BCUT2D eigenvalue weighted by atomic mass is 10.2. The summed E-state index contributed by atoms with van der Waals surface area (Å²) in [6.07, 6.45) is 0.102. The van der Waals surface area contributed by atoms with Crippen LogP contribution in [0.4, 0.5) is 0 Å². The molecular formula is C11H13BrO3. The van der Waals surface area contributed by atoms with Crippen LogP contribution < -0.4 is 4.74 Å². The van der Waals surface area contributed by atoms with E-state index in [9.17, 15) is 4.79 Å². The van der Waals surface area contributed by atoms with Gasteiger partial charge in [0.15, 0.2) is 0 Å². The highest BCUT2D eigenvalue weighted by atomic mass is 79.9. The van der Waals surface area contributed by atoms with E-state index in [0.717, 1.165) is 10.2 Å². The van der Waals surface area contributed by atoms with E-state index in [1.54, 1.807) is 18.2 Å². The summed E-state index contributed by atoms with van der Waals surface area (Å²) in [4.78, 5) is 11.2. The monoisotopic (exact) mass is 272 g/mol. The van der Waals surface area contributed by atoms with Crippen molar-refractivity contribution in [1.82, 2.24) is 0 Å². The van der Waals surface area contributed by atoms with E-state index >= 15 is 0 Å². The van der Waals surface area contributed by atoms with Crippen molar-refractivity contribution < 1.29 is 14.3 Å². The molecule has 1 aromatic carbocycles. The molecule has 0 heterocycles. The second-order valence-corrected chi connectivity index (χ2v) is 4.16. The zero-order chi connectivity index (χ0) is 11.4. The highest BCUT2D eigenvalue weighted by molar-refractivity contribution is 9.10. The molecule has 0 aromatic heterocycles. The Labute approximate surface area is 97.5 Å². The molecule has 4 heteroatoms. The molecule has 0 saturated heterocycles. The molecule has 0 aliphatic heterocycles. The van der Waals surface area contributed by atoms with E-state index in [-0.39, 0.29) is 12.1 Å². The molecule has 82 valence electrons. The summed E-state index contributed by atoms with van der Waals surface area (Å²) in [6, 6.07) is 5.11. The minimum atomic E-state index is -0.355. The van der Waals surface area contributed by atoms with Gasteiger partial charge >= 0.3 is 5.97 Å². The Hall–Kier alpha value is -1.03. The van der Waals surface area contributed by atoms with Crippen LogP contribution in [0.5, 0.6) is 5.75 Å². The summed E-state index contributed by atoms with van der Waals surface area (Å²) >= 11 is 3.34. The highest BCUT2D eigenvalue weighted by Crippen LogP contribution is 2.27. The third-order valence-electron chi connectivity index (χ3n) is 1.72. The fourth-order valence-corrected chi connectivity index (χ4v) is 1.57. The van der Waals surface area contributed by atoms with E-state index < -0.39 is 0 Å². The molecule has 0 N–H and O–H groups in total. The van der Waals surface area contributed by atoms with Crippen LogP contribution in [0.15, 0.2) is 22.7 Å². The van der Waals surface area contributed by atoms with Crippen LogP contribution in [0.3, 0.4) is 0 Å². The van der Waals surface area contributed by atoms with E-state index in [0.29, 0.717) is 5.56 Å². The first-order chi connectivity index (χ1) is 7.04. The Morgan fingerprint density at radius 1 is 1.40 bits per heavy atom. The van der Waals surface area contributed by atoms with Crippen molar-refractivity contribution in [2.45, 2.75) is 20.0 Å². The first-order valence-corrected chi connectivity index (χ1v) is 5.38. The number of benzene rings is 1. The van der Waals surface area contributed by atoms with Gasteiger partial charge in [0.05, 0.1) is 23.2 Å². The van der Waals surface area contributed by atoms with Crippen LogP contribution in [0.25, 0.3) is 0 Å².